The van der Waals surface area contributed by atoms with E-state index in [1.165, 1.54) is 20.3 Å². The van der Waals surface area contributed by atoms with E-state index in [0.717, 1.165) is 0 Å². The number of nitrogens with zero attached hydrogens (tertiary/aromatic N) is 2. The van der Waals surface area contributed by atoms with Gasteiger partial charge in [0.1, 0.15) is 17.1 Å². The lowest BCUT2D eigenvalue weighted by Crippen LogP contribution is -2.15. The Labute approximate surface area is 127 Å². The van der Waals surface area contributed by atoms with Crippen molar-refractivity contribution in [2.75, 3.05) is 14.2 Å². The molecule has 0 aliphatic carbocycles. The summed E-state index contributed by atoms with van der Waals surface area (Å²) in [4.78, 5) is 20.7. The Kier molecular flexibility index (Phi) is 4.92. The molecule has 1 aromatic carbocycles. The van der Waals surface area contributed by atoms with Gasteiger partial charge in [-0.05, 0) is 24.3 Å². The molecule has 0 fully saturated rings. The van der Waals surface area contributed by atoms with Gasteiger partial charge in [0.2, 0.25) is 0 Å². The molecule has 2 rings (SSSR count). The van der Waals surface area contributed by atoms with Gasteiger partial charge in [0, 0.05) is 24.0 Å². The maximum Gasteiger partial charge on any atom is 0.369 e. The van der Waals surface area contributed by atoms with Crippen molar-refractivity contribution >= 4 is 11.8 Å². The SMILES string of the molecule is COc1ccc(C(=O)ON=C(N)c2ccncc2)c(OC)c1. The first-order valence-corrected chi connectivity index (χ1v) is 6.33. The normalized spacial score (nSPS) is 10.9. The first-order valence-electron chi connectivity index (χ1n) is 6.33. The zero-order valence-electron chi connectivity index (χ0n) is 12.1. The summed E-state index contributed by atoms with van der Waals surface area (Å²) in [5, 5.41) is 3.62. The maximum atomic E-state index is 12.0. The van der Waals surface area contributed by atoms with Gasteiger partial charge in [-0.2, -0.15) is 0 Å². The lowest BCUT2D eigenvalue weighted by Gasteiger charge is -2.08. The summed E-state index contributed by atoms with van der Waals surface area (Å²) < 4.78 is 10.2. The Hall–Kier alpha value is -3.09. The van der Waals surface area contributed by atoms with Crippen molar-refractivity contribution in [3.63, 3.8) is 0 Å². The zero-order valence-corrected chi connectivity index (χ0v) is 12.1. The number of rotatable bonds is 5. The third-order valence-electron chi connectivity index (χ3n) is 2.83. The number of methoxy groups -OCH3 is 2. The third kappa shape index (κ3) is 3.51. The number of benzene rings is 1. The van der Waals surface area contributed by atoms with E-state index >= 15 is 0 Å². The fraction of sp³-hybridized carbons (Fsp3) is 0.133. The van der Waals surface area contributed by atoms with Crippen LogP contribution in [0, 0.1) is 0 Å². The largest absolute Gasteiger partial charge is 0.497 e. The van der Waals surface area contributed by atoms with Gasteiger partial charge in [0.05, 0.1) is 14.2 Å². The molecule has 0 aliphatic rings. The van der Waals surface area contributed by atoms with Crippen molar-refractivity contribution < 1.29 is 19.1 Å². The number of oxime groups is 1. The number of ether oxygens (including phenoxy) is 2. The topological polar surface area (TPSA) is 96.0 Å². The van der Waals surface area contributed by atoms with E-state index in [0.29, 0.717) is 17.1 Å². The molecule has 0 spiro atoms. The summed E-state index contributed by atoms with van der Waals surface area (Å²) in [5.41, 5.74) is 6.55. The van der Waals surface area contributed by atoms with Crippen LogP contribution < -0.4 is 15.2 Å². The fourth-order valence-corrected chi connectivity index (χ4v) is 1.68. The van der Waals surface area contributed by atoms with Gasteiger partial charge in [-0.3, -0.25) is 4.98 Å². The number of hydrogen-bond acceptors (Lipinski definition) is 6. The summed E-state index contributed by atoms with van der Waals surface area (Å²) >= 11 is 0. The quantitative estimate of drug-likeness (QED) is 0.390. The molecule has 0 saturated heterocycles. The summed E-state index contributed by atoms with van der Waals surface area (Å²) in [6.45, 7) is 0. The van der Waals surface area contributed by atoms with E-state index in [4.69, 9.17) is 20.0 Å². The number of nitrogens with two attached hydrogens (primary N) is 1. The van der Waals surface area contributed by atoms with Crippen LogP contribution in [0.15, 0.2) is 47.9 Å². The Morgan fingerprint density at radius 1 is 1.14 bits per heavy atom. The van der Waals surface area contributed by atoms with Gasteiger partial charge in [-0.1, -0.05) is 5.16 Å². The van der Waals surface area contributed by atoms with Gasteiger partial charge >= 0.3 is 5.97 Å². The van der Waals surface area contributed by atoms with E-state index in [-0.39, 0.29) is 11.4 Å². The highest BCUT2D eigenvalue weighted by atomic mass is 16.7. The van der Waals surface area contributed by atoms with Gasteiger partial charge in [0.25, 0.3) is 0 Å². The smallest absolute Gasteiger partial charge is 0.369 e. The second-order valence-corrected chi connectivity index (χ2v) is 4.16. The van der Waals surface area contributed by atoms with Crippen molar-refractivity contribution in [3.05, 3.63) is 53.9 Å². The second kappa shape index (κ2) is 7.07. The Morgan fingerprint density at radius 2 is 1.86 bits per heavy atom. The molecule has 7 nitrogen and oxygen atoms in total. The minimum atomic E-state index is -0.684. The van der Waals surface area contributed by atoms with Crippen LogP contribution in [0.4, 0.5) is 0 Å². The molecule has 22 heavy (non-hydrogen) atoms. The van der Waals surface area contributed by atoms with Crippen LogP contribution in [0.3, 0.4) is 0 Å². The summed E-state index contributed by atoms with van der Waals surface area (Å²) in [6.07, 6.45) is 3.12. The highest BCUT2D eigenvalue weighted by Gasteiger charge is 2.15. The van der Waals surface area contributed by atoms with E-state index in [1.807, 2.05) is 0 Å². The number of aromatic nitrogens is 1. The highest BCUT2D eigenvalue weighted by molar-refractivity contribution is 5.98. The molecule has 7 heteroatoms. The van der Waals surface area contributed by atoms with Crippen LogP contribution in [0.5, 0.6) is 11.5 Å². The van der Waals surface area contributed by atoms with Crippen LogP contribution in [-0.4, -0.2) is 31.0 Å². The molecule has 0 bridgehead atoms. The molecule has 0 radical (unpaired) electrons. The lowest BCUT2D eigenvalue weighted by atomic mass is 10.2. The standard InChI is InChI=1S/C15H15N3O4/c1-20-11-3-4-12(13(9-11)21-2)15(19)22-18-14(16)10-5-7-17-8-6-10/h3-9H,1-2H3,(H2,16,18). The van der Waals surface area contributed by atoms with Crippen molar-refractivity contribution in [1.82, 2.24) is 4.98 Å². The molecular weight excluding hydrogens is 286 g/mol. The molecule has 1 heterocycles. The van der Waals surface area contributed by atoms with Crippen molar-refractivity contribution in [3.8, 4) is 11.5 Å². The minimum absolute atomic E-state index is 0.0724. The Bertz CT molecular complexity index is 686. The molecule has 0 unspecified atom stereocenters. The number of pyridine rings is 1. The van der Waals surface area contributed by atoms with E-state index in [2.05, 4.69) is 10.1 Å². The van der Waals surface area contributed by atoms with Crippen LogP contribution in [0.25, 0.3) is 0 Å². The first-order chi connectivity index (χ1) is 10.7. The fourth-order valence-electron chi connectivity index (χ4n) is 1.68. The van der Waals surface area contributed by atoms with E-state index in [9.17, 15) is 4.79 Å². The van der Waals surface area contributed by atoms with Gasteiger partial charge in [-0.25, -0.2) is 4.79 Å². The van der Waals surface area contributed by atoms with E-state index in [1.54, 1.807) is 36.7 Å². The molecule has 2 aromatic rings. The Morgan fingerprint density at radius 3 is 2.50 bits per heavy atom. The first kappa shape index (κ1) is 15.3. The maximum absolute atomic E-state index is 12.0. The molecule has 0 aliphatic heterocycles. The van der Waals surface area contributed by atoms with Crippen LogP contribution in [0.2, 0.25) is 0 Å². The number of carbonyl (C=O) groups is 1. The number of hydrogen-bond donors (Lipinski definition) is 1. The van der Waals surface area contributed by atoms with Crippen LogP contribution in [-0.2, 0) is 4.84 Å². The van der Waals surface area contributed by atoms with Gasteiger partial charge < -0.3 is 20.0 Å². The minimum Gasteiger partial charge on any atom is -0.497 e. The van der Waals surface area contributed by atoms with Crippen molar-refractivity contribution in [2.24, 2.45) is 10.9 Å². The van der Waals surface area contributed by atoms with E-state index < -0.39 is 5.97 Å². The summed E-state index contributed by atoms with van der Waals surface area (Å²) in [6, 6.07) is 8.03. The molecule has 1 aromatic heterocycles. The lowest BCUT2D eigenvalue weighted by molar-refractivity contribution is 0.0512. The van der Waals surface area contributed by atoms with Crippen molar-refractivity contribution in [1.29, 1.82) is 0 Å². The van der Waals surface area contributed by atoms with Crippen molar-refractivity contribution in [2.45, 2.75) is 0 Å². The molecule has 0 atom stereocenters. The summed E-state index contributed by atoms with van der Waals surface area (Å²) in [7, 11) is 2.96. The average molecular weight is 301 g/mol. The van der Waals surface area contributed by atoms with Crippen LogP contribution in [0.1, 0.15) is 15.9 Å². The van der Waals surface area contributed by atoms with Gasteiger partial charge in [-0.15, -0.1) is 0 Å². The predicted molar refractivity (Wildman–Crippen MR) is 79.9 cm³/mol. The number of carbonyl (C=O) groups excluding carboxylic acids is 1. The molecule has 114 valence electrons. The monoisotopic (exact) mass is 301 g/mol. The van der Waals surface area contributed by atoms with Gasteiger partial charge in [0.15, 0.2) is 5.84 Å². The third-order valence-corrected chi connectivity index (χ3v) is 2.83. The second-order valence-electron chi connectivity index (χ2n) is 4.16. The summed E-state index contributed by atoms with van der Waals surface area (Å²) in [5.74, 6) is 0.273. The molecule has 0 saturated carbocycles. The predicted octanol–water partition coefficient (Wildman–Crippen LogP) is 1.58. The van der Waals surface area contributed by atoms with Crippen LogP contribution >= 0.6 is 0 Å². The number of amidine groups is 1. The molecule has 2 N–H and O–H groups in total. The molecule has 0 amide bonds. The Balaban J connectivity index is 2.16. The average Bonchev–Trinajstić information content (AvgIpc) is 2.59. The molecular formula is C15H15N3O4. The zero-order chi connectivity index (χ0) is 15.9. The highest BCUT2D eigenvalue weighted by Crippen LogP contribution is 2.25.